The third-order valence-corrected chi connectivity index (χ3v) is 4.18. The summed E-state index contributed by atoms with van der Waals surface area (Å²) in [4.78, 5) is 24.9. The number of rotatable bonds is 4. The van der Waals surface area contributed by atoms with Crippen molar-refractivity contribution in [3.05, 3.63) is 29.3 Å². The van der Waals surface area contributed by atoms with Crippen molar-refractivity contribution in [1.82, 2.24) is 4.90 Å². The maximum Gasteiger partial charge on any atom is 0.303 e. The van der Waals surface area contributed by atoms with Crippen molar-refractivity contribution in [2.45, 2.75) is 32.6 Å². The fourth-order valence-electron chi connectivity index (χ4n) is 2.74. The van der Waals surface area contributed by atoms with Gasteiger partial charge in [0.25, 0.3) is 5.91 Å². The lowest BCUT2D eigenvalue weighted by molar-refractivity contribution is -0.137. The molecule has 5 nitrogen and oxygen atoms in total. The number of carbonyl (C=O) groups is 2. The summed E-state index contributed by atoms with van der Waals surface area (Å²) < 4.78 is 0. The molecule has 1 amide bonds. The molecule has 1 aliphatic rings. The molecule has 0 aliphatic carbocycles. The number of nitrogen functional groups attached to an aromatic ring is 1. The highest BCUT2D eigenvalue weighted by Gasteiger charge is 2.24. The molecule has 0 bridgehead atoms. The van der Waals surface area contributed by atoms with Gasteiger partial charge in [0, 0.05) is 30.8 Å². The molecule has 0 atom stereocenters. The maximum absolute atomic E-state index is 12.4. The van der Waals surface area contributed by atoms with E-state index in [9.17, 15) is 9.59 Å². The lowest BCUT2D eigenvalue weighted by Crippen LogP contribution is -2.38. The largest absolute Gasteiger partial charge is 0.481 e. The number of amides is 1. The first-order valence-electron chi connectivity index (χ1n) is 7.34. The number of carboxylic acids is 1. The quantitative estimate of drug-likeness (QED) is 0.833. The van der Waals surface area contributed by atoms with E-state index in [0.29, 0.717) is 36.7 Å². The molecule has 2 rings (SSSR count). The number of hydrogen-bond acceptors (Lipinski definition) is 3. The summed E-state index contributed by atoms with van der Waals surface area (Å²) >= 11 is 0. The Morgan fingerprint density at radius 2 is 2.00 bits per heavy atom. The summed E-state index contributed by atoms with van der Waals surface area (Å²) in [7, 11) is 0. The first kappa shape index (κ1) is 15.4. The van der Waals surface area contributed by atoms with Gasteiger partial charge in [0.2, 0.25) is 0 Å². The highest BCUT2D eigenvalue weighted by molar-refractivity contribution is 5.95. The van der Waals surface area contributed by atoms with Crippen LogP contribution in [0.5, 0.6) is 0 Å². The van der Waals surface area contributed by atoms with Gasteiger partial charge in [-0.2, -0.15) is 0 Å². The zero-order valence-electron chi connectivity index (χ0n) is 12.3. The summed E-state index contributed by atoms with van der Waals surface area (Å²) in [6.07, 6.45) is 2.69. The van der Waals surface area contributed by atoms with Crippen molar-refractivity contribution in [1.29, 1.82) is 0 Å². The Balaban J connectivity index is 1.90. The van der Waals surface area contributed by atoms with Crippen LogP contribution in [0.15, 0.2) is 18.2 Å². The van der Waals surface area contributed by atoms with Gasteiger partial charge in [0.05, 0.1) is 0 Å². The minimum atomic E-state index is -0.745. The molecule has 0 unspecified atom stereocenters. The average molecular weight is 290 g/mol. The Morgan fingerprint density at radius 3 is 2.57 bits per heavy atom. The maximum atomic E-state index is 12.4. The van der Waals surface area contributed by atoms with Gasteiger partial charge in [0.15, 0.2) is 0 Å². The third kappa shape index (κ3) is 3.97. The van der Waals surface area contributed by atoms with E-state index in [1.807, 2.05) is 17.9 Å². The van der Waals surface area contributed by atoms with E-state index in [1.54, 1.807) is 12.1 Å². The summed E-state index contributed by atoms with van der Waals surface area (Å²) in [5.74, 6) is -0.293. The number of likely N-dealkylation sites (tertiary alicyclic amines) is 1. The number of carbonyl (C=O) groups excluding carboxylic acids is 1. The summed E-state index contributed by atoms with van der Waals surface area (Å²) in [6, 6.07) is 5.36. The Hall–Kier alpha value is -2.04. The van der Waals surface area contributed by atoms with Crippen molar-refractivity contribution in [2.75, 3.05) is 18.8 Å². The molecule has 21 heavy (non-hydrogen) atoms. The van der Waals surface area contributed by atoms with Crippen LogP contribution in [0.1, 0.15) is 41.6 Å². The molecule has 3 N–H and O–H groups in total. The predicted molar refractivity (Wildman–Crippen MR) is 81.1 cm³/mol. The Labute approximate surface area is 124 Å². The number of nitrogens with zero attached hydrogens (tertiary/aromatic N) is 1. The molecular weight excluding hydrogens is 268 g/mol. The molecule has 114 valence electrons. The number of carboxylic acid groups (broad SMARTS) is 1. The molecular formula is C16H22N2O3. The van der Waals surface area contributed by atoms with Crippen LogP contribution in [0.4, 0.5) is 5.69 Å². The average Bonchev–Trinajstić information content (AvgIpc) is 2.48. The number of anilines is 1. The molecule has 1 aromatic rings. The lowest BCUT2D eigenvalue weighted by atomic mass is 9.92. The number of aryl methyl sites for hydroxylation is 1. The summed E-state index contributed by atoms with van der Waals surface area (Å²) in [5.41, 5.74) is 8.05. The Bertz CT molecular complexity index is 534. The minimum absolute atomic E-state index is 0.0368. The zero-order chi connectivity index (χ0) is 15.4. The van der Waals surface area contributed by atoms with Crippen molar-refractivity contribution >= 4 is 17.6 Å². The molecule has 1 saturated heterocycles. The van der Waals surface area contributed by atoms with Gasteiger partial charge in [-0.3, -0.25) is 9.59 Å². The molecule has 0 spiro atoms. The highest BCUT2D eigenvalue weighted by atomic mass is 16.4. The lowest BCUT2D eigenvalue weighted by Gasteiger charge is -2.32. The third-order valence-electron chi connectivity index (χ3n) is 4.18. The van der Waals surface area contributed by atoms with Crippen LogP contribution >= 0.6 is 0 Å². The molecule has 1 fully saturated rings. The molecule has 5 heteroatoms. The second-order valence-electron chi connectivity index (χ2n) is 5.74. The van der Waals surface area contributed by atoms with Gasteiger partial charge < -0.3 is 15.7 Å². The minimum Gasteiger partial charge on any atom is -0.481 e. The van der Waals surface area contributed by atoms with Crippen LogP contribution in [-0.2, 0) is 4.79 Å². The Kier molecular flexibility index (Phi) is 4.83. The Morgan fingerprint density at radius 1 is 1.33 bits per heavy atom. The molecule has 1 aliphatic heterocycles. The van der Waals surface area contributed by atoms with Crippen molar-refractivity contribution in [3.8, 4) is 0 Å². The fourth-order valence-corrected chi connectivity index (χ4v) is 2.74. The van der Waals surface area contributed by atoms with Crippen molar-refractivity contribution in [3.63, 3.8) is 0 Å². The zero-order valence-corrected chi connectivity index (χ0v) is 12.3. The highest BCUT2D eigenvalue weighted by Crippen LogP contribution is 2.23. The number of benzene rings is 1. The van der Waals surface area contributed by atoms with Gasteiger partial charge in [-0.15, -0.1) is 0 Å². The smallest absolute Gasteiger partial charge is 0.303 e. The number of aliphatic carboxylic acids is 1. The number of hydrogen-bond donors (Lipinski definition) is 2. The van der Waals surface area contributed by atoms with Crippen LogP contribution in [0, 0.1) is 12.8 Å². The summed E-state index contributed by atoms with van der Waals surface area (Å²) in [6.45, 7) is 3.29. The van der Waals surface area contributed by atoms with Crippen LogP contribution in [-0.4, -0.2) is 35.0 Å². The van der Waals surface area contributed by atoms with Crippen molar-refractivity contribution in [2.24, 2.45) is 5.92 Å². The second-order valence-corrected chi connectivity index (χ2v) is 5.74. The van der Waals surface area contributed by atoms with E-state index >= 15 is 0 Å². The SMILES string of the molecule is Cc1cc(C(=O)N2CCC(CCC(=O)O)CC2)ccc1N. The van der Waals surface area contributed by atoms with Crippen LogP contribution in [0.3, 0.4) is 0 Å². The van der Waals surface area contributed by atoms with E-state index in [2.05, 4.69) is 0 Å². The predicted octanol–water partition coefficient (Wildman–Crippen LogP) is 2.29. The van der Waals surface area contributed by atoms with E-state index in [-0.39, 0.29) is 12.3 Å². The second kappa shape index (κ2) is 6.61. The molecule has 0 radical (unpaired) electrons. The van der Waals surface area contributed by atoms with Crippen molar-refractivity contribution < 1.29 is 14.7 Å². The number of piperidine rings is 1. The van der Waals surface area contributed by atoms with Gasteiger partial charge in [-0.05, 0) is 55.9 Å². The molecule has 0 saturated carbocycles. The fraction of sp³-hybridized carbons (Fsp3) is 0.500. The molecule has 1 heterocycles. The van der Waals surface area contributed by atoms with Gasteiger partial charge in [-0.25, -0.2) is 0 Å². The summed E-state index contributed by atoms with van der Waals surface area (Å²) in [5, 5.41) is 8.71. The van der Waals surface area contributed by atoms with E-state index in [1.165, 1.54) is 0 Å². The van der Waals surface area contributed by atoms with Gasteiger partial charge in [0.1, 0.15) is 0 Å². The van der Waals surface area contributed by atoms with Crippen LogP contribution < -0.4 is 5.73 Å². The topological polar surface area (TPSA) is 83.6 Å². The van der Waals surface area contributed by atoms with Gasteiger partial charge in [-0.1, -0.05) is 0 Å². The molecule has 1 aromatic carbocycles. The molecule has 0 aromatic heterocycles. The van der Waals surface area contributed by atoms with Crippen LogP contribution in [0.25, 0.3) is 0 Å². The monoisotopic (exact) mass is 290 g/mol. The van der Waals surface area contributed by atoms with E-state index < -0.39 is 5.97 Å². The number of nitrogens with two attached hydrogens (primary N) is 1. The van der Waals surface area contributed by atoms with E-state index in [0.717, 1.165) is 18.4 Å². The van der Waals surface area contributed by atoms with Crippen LogP contribution in [0.2, 0.25) is 0 Å². The normalized spacial score (nSPS) is 16.0. The standard InChI is InChI=1S/C16H22N2O3/c1-11-10-13(3-4-14(11)17)16(21)18-8-6-12(7-9-18)2-5-15(19)20/h3-4,10,12H,2,5-9,17H2,1H3,(H,19,20). The van der Waals surface area contributed by atoms with Gasteiger partial charge >= 0.3 is 5.97 Å². The van der Waals surface area contributed by atoms with E-state index in [4.69, 9.17) is 10.8 Å². The first-order valence-corrected chi connectivity index (χ1v) is 7.34. The first-order chi connectivity index (χ1) is 9.97.